The topological polar surface area (TPSA) is 82.1 Å². The molecule has 2 aromatic rings. The lowest BCUT2D eigenvalue weighted by molar-refractivity contribution is -0.264. The van der Waals surface area contributed by atoms with Crippen molar-refractivity contribution in [3.63, 3.8) is 0 Å². The van der Waals surface area contributed by atoms with E-state index in [-0.39, 0.29) is 37.3 Å². The molecule has 0 aromatic heterocycles. The lowest BCUT2D eigenvalue weighted by atomic mass is 9.82. The third kappa shape index (κ3) is 5.96. The zero-order chi connectivity index (χ0) is 28.4. The number of likely N-dealkylation sites (tertiary alicyclic amines) is 1. The van der Waals surface area contributed by atoms with Crippen LogP contribution in [0.2, 0.25) is 5.02 Å². The molecule has 212 valence electrons. The molecule has 0 spiro atoms. The van der Waals surface area contributed by atoms with Crippen LogP contribution in [0, 0.1) is 11.8 Å². The highest BCUT2D eigenvalue weighted by Crippen LogP contribution is 2.43. The Morgan fingerprint density at radius 1 is 1.10 bits per heavy atom. The van der Waals surface area contributed by atoms with Crippen LogP contribution in [0.15, 0.2) is 42.5 Å². The van der Waals surface area contributed by atoms with E-state index in [0.29, 0.717) is 16.5 Å². The van der Waals surface area contributed by atoms with Crippen LogP contribution in [0.1, 0.15) is 42.1 Å². The van der Waals surface area contributed by atoms with Gasteiger partial charge in [-0.25, -0.2) is 0 Å². The van der Waals surface area contributed by atoms with Crippen molar-refractivity contribution in [1.82, 2.24) is 10.2 Å². The first kappa shape index (κ1) is 29.0. The first-order valence-corrected chi connectivity index (χ1v) is 13.4. The van der Waals surface area contributed by atoms with Crippen molar-refractivity contribution in [3.05, 3.63) is 58.6 Å². The molecule has 2 fully saturated rings. The minimum atomic E-state index is -5.19. The van der Waals surface area contributed by atoms with E-state index in [1.165, 1.54) is 12.1 Å². The zero-order valence-electron chi connectivity index (χ0n) is 21.9. The molecule has 2 aliphatic rings. The number of carbonyl (C=O) groups is 2. The predicted molar refractivity (Wildman–Crippen MR) is 142 cm³/mol. The summed E-state index contributed by atoms with van der Waals surface area (Å²) in [6.07, 6.45) is -2.58. The number of nitrogens with zero attached hydrogens (tertiary/aromatic N) is 2. The SMILES string of the molecule is CCOc1cccc([C@@](O)(C(=O)N2CC(CC3CCN(c4ccc(C(=O)NC)c(Cl)c4)CC3)C2)C(F)(F)F)c1. The molecular weight excluding hydrogens is 535 g/mol. The van der Waals surface area contributed by atoms with Crippen LogP contribution in [0.5, 0.6) is 5.75 Å². The van der Waals surface area contributed by atoms with E-state index in [1.807, 2.05) is 6.07 Å². The highest BCUT2D eigenvalue weighted by atomic mass is 35.5. The number of nitrogens with one attached hydrogen (secondary N) is 1. The number of halogens is 4. The summed E-state index contributed by atoms with van der Waals surface area (Å²) in [5.41, 5.74) is -2.83. The Morgan fingerprint density at radius 3 is 2.38 bits per heavy atom. The maximum absolute atomic E-state index is 14.1. The summed E-state index contributed by atoms with van der Waals surface area (Å²) >= 11 is 6.29. The zero-order valence-corrected chi connectivity index (χ0v) is 22.7. The number of hydrogen-bond acceptors (Lipinski definition) is 5. The van der Waals surface area contributed by atoms with E-state index in [0.717, 1.165) is 55.1 Å². The normalized spacial score (nSPS) is 18.3. The lowest BCUT2D eigenvalue weighted by Crippen LogP contribution is -2.61. The Balaban J connectivity index is 1.32. The molecule has 2 aromatic carbocycles. The monoisotopic (exact) mass is 567 g/mol. The van der Waals surface area contributed by atoms with Crippen molar-refractivity contribution >= 4 is 29.1 Å². The van der Waals surface area contributed by atoms with E-state index in [2.05, 4.69) is 10.2 Å². The number of benzene rings is 2. The Morgan fingerprint density at radius 2 is 1.79 bits per heavy atom. The second-order valence-corrected chi connectivity index (χ2v) is 10.6. The van der Waals surface area contributed by atoms with Gasteiger partial charge < -0.3 is 25.0 Å². The van der Waals surface area contributed by atoms with E-state index >= 15 is 0 Å². The van der Waals surface area contributed by atoms with Gasteiger partial charge in [0.25, 0.3) is 17.4 Å². The first-order chi connectivity index (χ1) is 18.5. The molecule has 4 rings (SSSR count). The van der Waals surface area contributed by atoms with Crippen LogP contribution in [0.25, 0.3) is 0 Å². The minimum absolute atomic E-state index is 0.0824. The standard InChI is InChI=1S/C28H33ClF3N3O4/c1-3-39-22-6-4-5-20(14-22)27(38,28(30,31)32)26(37)35-16-19(17-35)13-18-9-11-34(12-10-18)21-7-8-23(24(29)15-21)25(36)33-2/h4-8,14-15,18-19,38H,3,9-13,16-17H2,1-2H3,(H,33,36)/t27-/m1/s1. The summed E-state index contributed by atoms with van der Waals surface area (Å²) in [5, 5.41) is 13.7. The summed E-state index contributed by atoms with van der Waals surface area (Å²) in [6, 6.07) is 10.3. The molecule has 2 heterocycles. The van der Waals surface area contributed by atoms with Crippen molar-refractivity contribution < 1.29 is 32.6 Å². The lowest BCUT2D eigenvalue weighted by Gasteiger charge is -2.45. The number of anilines is 1. The smallest absolute Gasteiger partial charge is 0.430 e. The number of aliphatic hydroxyl groups is 1. The number of amides is 2. The number of rotatable bonds is 8. The fraction of sp³-hybridized carbons (Fsp3) is 0.500. The average Bonchev–Trinajstić information content (AvgIpc) is 2.89. The molecular formula is C28H33ClF3N3O4. The number of ether oxygens (including phenoxy) is 1. The molecule has 0 saturated carbocycles. The molecule has 2 amide bonds. The van der Waals surface area contributed by atoms with Gasteiger partial charge in [0.2, 0.25) is 0 Å². The number of piperidine rings is 1. The van der Waals surface area contributed by atoms with E-state index < -0.39 is 23.2 Å². The van der Waals surface area contributed by atoms with Crippen molar-refractivity contribution in [2.24, 2.45) is 11.8 Å². The van der Waals surface area contributed by atoms with Crippen molar-refractivity contribution in [1.29, 1.82) is 0 Å². The van der Waals surface area contributed by atoms with Crippen LogP contribution >= 0.6 is 11.6 Å². The summed E-state index contributed by atoms with van der Waals surface area (Å²) < 4.78 is 47.4. The van der Waals surface area contributed by atoms with Gasteiger partial charge in [-0.05, 0) is 68.4 Å². The van der Waals surface area contributed by atoms with Crippen LogP contribution < -0.4 is 15.0 Å². The van der Waals surface area contributed by atoms with Gasteiger partial charge >= 0.3 is 6.18 Å². The number of carbonyl (C=O) groups excluding carboxylic acids is 2. The maximum atomic E-state index is 14.1. The Hall–Kier alpha value is -2.98. The Labute approximate surface area is 230 Å². The summed E-state index contributed by atoms with van der Waals surface area (Å²) in [6.45, 7) is 3.88. The summed E-state index contributed by atoms with van der Waals surface area (Å²) in [4.78, 5) is 28.2. The van der Waals surface area contributed by atoms with Gasteiger partial charge in [-0.1, -0.05) is 23.7 Å². The fourth-order valence-electron chi connectivity index (χ4n) is 5.42. The minimum Gasteiger partial charge on any atom is -0.494 e. The molecule has 2 aliphatic heterocycles. The molecule has 0 aliphatic carbocycles. The first-order valence-electron chi connectivity index (χ1n) is 13.1. The summed E-state index contributed by atoms with van der Waals surface area (Å²) in [5.74, 6) is -0.978. The maximum Gasteiger partial charge on any atom is 0.430 e. The molecule has 2 N–H and O–H groups in total. The highest BCUT2D eigenvalue weighted by Gasteiger charge is 2.63. The van der Waals surface area contributed by atoms with Crippen LogP contribution in [-0.2, 0) is 10.4 Å². The quantitative estimate of drug-likeness (QED) is 0.487. The molecule has 0 radical (unpaired) electrons. The fourth-order valence-corrected chi connectivity index (χ4v) is 5.68. The van der Waals surface area contributed by atoms with Gasteiger partial charge in [0.15, 0.2) is 0 Å². The Bertz CT molecular complexity index is 1200. The van der Waals surface area contributed by atoms with Crippen LogP contribution in [0.4, 0.5) is 18.9 Å². The molecule has 7 nitrogen and oxygen atoms in total. The molecule has 0 unspecified atom stereocenters. The van der Waals surface area contributed by atoms with Crippen molar-refractivity contribution in [2.45, 2.75) is 38.0 Å². The van der Waals surface area contributed by atoms with Gasteiger partial charge in [-0.3, -0.25) is 9.59 Å². The summed E-state index contributed by atoms with van der Waals surface area (Å²) in [7, 11) is 1.55. The van der Waals surface area contributed by atoms with Crippen LogP contribution in [-0.4, -0.2) is 67.8 Å². The van der Waals surface area contributed by atoms with Gasteiger partial charge in [0.05, 0.1) is 17.2 Å². The highest BCUT2D eigenvalue weighted by molar-refractivity contribution is 6.34. The Kier molecular flexibility index (Phi) is 8.66. The van der Waals surface area contributed by atoms with Gasteiger partial charge in [-0.15, -0.1) is 0 Å². The molecule has 11 heteroatoms. The van der Waals surface area contributed by atoms with E-state index in [1.54, 1.807) is 26.1 Å². The van der Waals surface area contributed by atoms with Crippen LogP contribution in [0.3, 0.4) is 0 Å². The molecule has 1 atom stereocenters. The van der Waals surface area contributed by atoms with E-state index in [9.17, 15) is 27.9 Å². The second-order valence-electron chi connectivity index (χ2n) is 10.2. The average molecular weight is 568 g/mol. The van der Waals surface area contributed by atoms with Crippen molar-refractivity contribution in [2.75, 3.05) is 44.7 Å². The molecule has 0 bridgehead atoms. The number of hydrogen-bond donors (Lipinski definition) is 2. The number of alkyl halides is 3. The third-order valence-corrected chi connectivity index (χ3v) is 7.91. The van der Waals surface area contributed by atoms with Gasteiger partial charge in [0, 0.05) is 44.5 Å². The van der Waals surface area contributed by atoms with Crippen molar-refractivity contribution in [3.8, 4) is 5.75 Å². The van der Waals surface area contributed by atoms with Gasteiger partial charge in [0.1, 0.15) is 5.75 Å². The second kappa shape index (κ2) is 11.6. The van der Waals surface area contributed by atoms with E-state index in [4.69, 9.17) is 16.3 Å². The molecule has 39 heavy (non-hydrogen) atoms. The van der Waals surface area contributed by atoms with Gasteiger partial charge in [-0.2, -0.15) is 13.2 Å². The predicted octanol–water partition coefficient (Wildman–Crippen LogP) is 4.61. The largest absolute Gasteiger partial charge is 0.494 e. The third-order valence-electron chi connectivity index (χ3n) is 7.60. The molecule has 2 saturated heterocycles.